The molecule has 0 aromatic carbocycles. The molecule has 3 N–H and O–H groups in total. The maximum atomic E-state index is 11.8. The summed E-state index contributed by atoms with van der Waals surface area (Å²) >= 11 is 0. The Morgan fingerprint density at radius 2 is 1.82 bits per heavy atom. The SMILES string of the molecule is Fc1ccccn1.OB(O)O. The van der Waals surface area contributed by atoms with Gasteiger partial charge in [-0.2, -0.15) is 4.39 Å². The largest absolute Gasteiger partial charge is 0.631 e. The molecule has 0 spiro atoms. The minimum Gasteiger partial charge on any atom is -0.402 e. The molecular weight excluding hydrogens is 152 g/mol. The minimum absolute atomic E-state index is 0.428. The van der Waals surface area contributed by atoms with Crippen LogP contribution < -0.4 is 0 Å². The predicted octanol–water partition coefficient (Wildman–Crippen LogP) is -0.831. The normalized spacial score (nSPS) is 8.00. The average Bonchev–Trinajstić information content (AvgIpc) is 1.87. The summed E-state index contributed by atoms with van der Waals surface area (Å²) in [6.45, 7) is 0. The van der Waals surface area contributed by atoms with Crippen LogP contribution in [0.15, 0.2) is 24.4 Å². The zero-order chi connectivity index (χ0) is 8.69. The van der Waals surface area contributed by atoms with E-state index in [1.54, 1.807) is 12.1 Å². The maximum absolute atomic E-state index is 11.8. The van der Waals surface area contributed by atoms with Gasteiger partial charge in [0, 0.05) is 6.20 Å². The van der Waals surface area contributed by atoms with Crippen molar-refractivity contribution in [2.45, 2.75) is 0 Å². The van der Waals surface area contributed by atoms with Gasteiger partial charge in [0.1, 0.15) is 0 Å². The van der Waals surface area contributed by atoms with Gasteiger partial charge in [-0.15, -0.1) is 0 Å². The molecule has 0 aliphatic carbocycles. The summed E-state index contributed by atoms with van der Waals surface area (Å²) in [6.07, 6.45) is 1.41. The molecule has 1 aromatic heterocycles. The number of rotatable bonds is 0. The second-order valence-electron chi connectivity index (χ2n) is 1.50. The topological polar surface area (TPSA) is 73.6 Å². The highest BCUT2D eigenvalue weighted by Crippen LogP contribution is 1.85. The molecule has 1 rings (SSSR count). The van der Waals surface area contributed by atoms with Crippen molar-refractivity contribution in [3.8, 4) is 0 Å². The fourth-order valence-electron chi connectivity index (χ4n) is 0.342. The summed E-state index contributed by atoms with van der Waals surface area (Å²) < 4.78 is 11.8. The predicted molar refractivity (Wildman–Crippen MR) is 36.6 cm³/mol. The first kappa shape index (κ1) is 10.0. The zero-order valence-corrected chi connectivity index (χ0v) is 5.55. The number of nitrogens with zero attached hydrogens (tertiary/aromatic N) is 1. The van der Waals surface area contributed by atoms with E-state index in [0.717, 1.165) is 0 Å². The molecule has 0 bridgehead atoms. The lowest BCUT2D eigenvalue weighted by atomic mass is 10.3. The number of halogens is 1. The van der Waals surface area contributed by atoms with E-state index >= 15 is 0 Å². The van der Waals surface area contributed by atoms with Crippen molar-refractivity contribution in [3.63, 3.8) is 0 Å². The first-order valence-corrected chi connectivity index (χ1v) is 2.73. The Hall–Kier alpha value is -0.975. The van der Waals surface area contributed by atoms with Crippen LogP contribution in [0.2, 0.25) is 0 Å². The summed E-state index contributed by atoms with van der Waals surface area (Å²) in [7, 11) is -2.17. The highest BCUT2D eigenvalue weighted by Gasteiger charge is 1.92. The summed E-state index contributed by atoms with van der Waals surface area (Å²) in [6, 6.07) is 4.57. The summed E-state index contributed by atoms with van der Waals surface area (Å²) in [5, 5.41) is 21.5. The highest BCUT2D eigenvalue weighted by atomic mass is 19.1. The molecule has 0 saturated carbocycles. The van der Waals surface area contributed by atoms with Crippen molar-refractivity contribution in [3.05, 3.63) is 30.3 Å². The Bertz CT molecular complexity index is 182. The van der Waals surface area contributed by atoms with E-state index in [1.165, 1.54) is 12.3 Å². The first-order chi connectivity index (χ1) is 5.13. The lowest BCUT2D eigenvalue weighted by Gasteiger charge is -1.78. The lowest BCUT2D eigenvalue weighted by Crippen LogP contribution is -2.07. The van der Waals surface area contributed by atoms with Gasteiger partial charge in [-0.1, -0.05) is 6.07 Å². The third-order valence-corrected chi connectivity index (χ3v) is 0.629. The summed E-state index contributed by atoms with van der Waals surface area (Å²) in [4.78, 5) is 3.31. The fraction of sp³-hybridized carbons (Fsp3) is 0. The Balaban J connectivity index is 0.000000218. The van der Waals surface area contributed by atoms with E-state index in [-0.39, 0.29) is 0 Å². The lowest BCUT2D eigenvalue weighted by molar-refractivity contribution is 0.278. The van der Waals surface area contributed by atoms with Gasteiger partial charge in [0.25, 0.3) is 0 Å². The molecule has 0 saturated heterocycles. The van der Waals surface area contributed by atoms with Crippen molar-refractivity contribution in [2.24, 2.45) is 0 Å². The van der Waals surface area contributed by atoms with Crippen molar-refractivity contribution in [1.29, 1.82) is 0 Å². The highest BCUT2D eigenvalue weighted by molar-refractivity contribution is 6.30. The first-order valence-electron chi connectivity index (χ1n) is 2.73. The van der Waals surface area contributed by atoms with Gasteiger partial charge in [0.2, 0.25) is 5.95 Å². The Kier molecular flexibility index (Phi) is 5.27. The van der Waals surface area contributed by atoms with Gasteiger partial charge in [0.05, 0.1) is 0 Å². The molecule has 0 radical (unpaired) electrons. The molecule has 4 nitrogen and oxygen atoms in total. The molecular formula is C5H7BFNO3. The van der Waals surface area contributed by atoms with E-state index in [1.807, 2.05) is 0 Å². The molecule has 1 aromatic rings. The van der Waals surface area contributed by atoms with Crippen LogP contribution in [0.4, 0.5) is 4.39 Å². The van der Waals surface area contributed by atoms with Crippen LogP contribution in [0, 0.1) is 5.95 Å². The Labute approximate surface area is 63.1 Å². The van der Waals surface area contributed by atoms with Crippen LogP contribution >= 0.6 is 0 Å². The molecule has 0 aliphatic heterocycles. The molecule has 0 fully saturated rings. The standard InChI is InChI=1S/C5H4FN.BH3O3/c6-5-3-1-2-4-7-5;2-1(3)4/h1-4H;2-4H. The smallest absolute Gasteiger partial charge is 0.402 e. The van der Waals surface area contributed by atoms with E-state index in [2.05, 4.69) is 4.98 Å². The van der Waals surface area contributed by atoms with E-state index in [9.17, 15) is 4.39 Å². The average molecular weight is 159 g/mol. The van der Waals surface area contributed by atoms with Gasteiger partial charge < -0.3 is 15.1 Å². The maximum Gasteiger partial charge on any atom is 0.631 e. The molecule has 0 unspecified atom stereocenters. The van der Waals surface area contributed by atoms with E-state index in [0.29, 0.717) is 0 Å². The molecule has 60 valence electrons. The van der Waals surface area contributed by atoms with Crippen molar-refractivity contribution in [2.75, 3.05) is 0 Å². The Morgan fingerprint density at radius 3 is 2.00 bits per heavy atom. The van der Waals surface area contributed by atoms with Gasteiger partial charge in [-0.25, -0.2) is 4.98 Å². The number of hydrogen-bond donors (Lipinski definition) is 3. The van der Waals surface area contributed by atoms with E-state index < -0.39 is 13.3 Å². The van der Waals surface area contributed by atoms with Crippen LogP contribution in [-0.2, 0) is 0 Å². The second kappa shape index (κ2) is 5.78. The molecule has 0 atom stereocenters. The zero-order valence-electron chi connectivity index (χ0n) is 5.55. The van der Waals surface area contributed by atoms with Gasteiger partial charge in [-0.3, -0.25) is 0 Å². The molecule has 0 aliphatic rings. The quantitative estimate of drug-likeness (QED) is 0.341. The fourth-order valence-corrected chi connectivity index (χ4v) is 0.342. The third kappa shape index (κ3) is 9.02. The van der Waals surface area contributed by atoms with Crippen LogP contribution in [0.25, 0.3) is 0 Å². The molecule has 1 heterocycles. The Morgan fingerprint density at radius 1 is 1.27 bits per heavy atom. The van der Waals surface area contributed by atoms with Gasteiger partial charge >= 0.3 is 7.32 Å². The van der Waals surface area contributed by atoms with E-state index in [4.69, 9.17) is 15.1 Å². The van der Waals surface area contributed by atoms with Crippen LogP contribution in [0.3, 0.4) is 0 Å². The molecule has 11 heavy (non-hydrogen) atoms. The number of pyridine rings is 1. The van der Waals surface area contributed by atoms with Crippen molar-refractivity contribution < 1.29 is 19.5 Å². The van der Waals surface area contributed by atoms with Crippen LogP contribution in [-0.4, -0.2) is 27.4 Å². The summed E-state index contributed by atoms with van der Waals surface area (Å²) in [5.41, 5.74) is 0. The monoisotopic (exact) mass is 159 g/mol. The number of hydrogen-bond acceptors (Lipinski definition) is 4. The number of aromatic nitrogens is 1. The van der Waals surface area contributed by atoms with Crippen molar-refractivity contribution in [1.82, 2.24) is 4.98 Å². The second-order valence-corrected chi connectivity index (χ2v) is 1.50. The van der Waals surface area contributed by atoms with Gasteiger partial charge in [0.15, 0.2) is 0 Å². The van der Waals surface area contributed by atoms with Crippen molar-refractivity contribution >= 4 is 7.32 Å². The van der Waals surface area contributed by atoms with Crippen LogP contribution in [0.1, 0.15) is 0 Å². The van der Waals surface area contributed by atoms with Gasteiger partial charge in [-0.05, 0) is 12.1 Å². The molecule has 6 heteroatoms. The third-order valence-electron chi connectivity index (χ3n) is 0.629. The minimum atomic E-state index is -2.17. The summed E-state index contributed by atoms with van der Waals surface area (Å²) in [5.74, 6) is -0.428. The van der Waals surface area contributed by atoms with Crippen LogP contribution in [0.5, 0.6) is 0 Å². The molecule has 0 amide bonds.